The Labute approximate surface area is 239 Å². The molecule has 1 aromatic rings. The molecule has 0 spiro atoms. The Morgan fingerprint density at radius 1 is 1.05 bits per heavy atom. The van der Waals surface area contributed by atoms with Gasteiger partial charge in [-0.05, 0) is 80.1 Å². The average Bonchev–Trinajstić information content (AvgIpc) is 3.28. The maximum Gasteiger partial charge on any atom is 0.331 e. The van der Waals surface area contributed by atoms with Gasteiger partial charge in [0, 0.05) is 12.5 Å². The Hall–Kier alpha value is -3.34. The first-order valence-corrected chi connectivity index (χ1v) is 14.3. The van der Waals surface area contributed by atoms with Crippen LogP contribution in [0, 0.1) is 29.1 Å². The molecular weight excluding hydrogens is 500 g/mol. The van der Waals surface area contributed by atoms with Crippen molar-refractivity contribution in [3.8, 4) is 0 Å². The largest absolute Gasteiger partial charge is 0.495 e. The quantitative estimate of drug-likeness (QED) is 0.153. The number of ether oxygens (including phenoxy) is 3. The number of allylic oxidation sites excluding steroid dienone is 4. The molecule has 2 fully saturated rings. The van der Waals surface area contributed by atoms with Gasteiger partial charge in [-0.2, -0.15) is 0 Å². The molecule has 0 aromatic heterocycles. The fourth-order valence-corrected chi connectivity index (χ4v) is 6.87. The van der Waals surface area contributed by atoms with E-state index in [2.05, 4.69) is 39.2 Å². The third kappa shape index (κ3) is 5.75. The molecule has 0 unspecified atom stereocenters. The second-order valence-electron chi connectivity index (χ2n) is 12.6. The smallest absolute Gasteiger partial charge is 0.331 e. The highest BCUT2D eigenvalue weighted by Gasteiger charge is 2.65. The number of rotatable bonds is 7. The van der Waals surface area contributed by atoms with E-state index in [1.54, 1.807) is 19.9 Å². The Morgan fingerprint density at radius 3 is 2.33 bits per heavy atom. The molecule has 2 saturated carbocycles. The van der Waals surface area contributed by atoms with Gasteiger partial charge in [0.15, 0.2) is 5.60 Å². The van der Waals surface area contributed by atoms with Crippen LogP contribution >= 0.6 is 0 Å². The highest BCUT2D eigenvalue weighted by atomic mass is 16.6. The molecule has 0 aliphatic heterocycles. The summed E-state index contributed by atoms with van der Waals surface area (Å²) in [6.45, 7) is 22.0. The Balaban J connectivity index is 1.87. The summed E-state index contributed by atoms with van der Waals surface area (Å²) in [5.74, 6) is 0.261. The van der Waals surface area contributed by atoms with Crippen LogP contribution in [0.5, 0.6) is 0 Å². The van der Waals surface area contributed by atoms with Crippen molar-refractivity contribution >= 4 is 17.8 Å². The lowest BCUT2D eigenvalue weighted by Gasteiger charge is -2.40. The zero-order chi connectivity index (χ0) is 29.4. The molecule has 5 nitrogen and oxygen atoms in total. The summed E-state index contributed by atoms with van der Waals surface area (Å²) in [5, 5.41) is 0. The first-order chi connectivity index (χ1) is 18.8. The number of Topliss-reactive ketones (excluding diaryl/α,β-unsaturated/α-hetero) is 1. The standard InChI is InChI=1S/C35H44O5/c1-21(2)38-31-23(5)15-17-27-28(34(27,8)9)19-24(6)33(37)35(20-25(7)32(30(31)35)39-22(3)4)40-29(36)18-16-26-13-11-10-12-14-26/h10-16,18-19,25,27-28,30-32H,1,3,17,20H2,2,4-9H3/b18-16+,23-15?,24-19-/t25-,27-,28-,30-,31-,32-,35+/m0/s1. The summed E-state index contributed by atoms with van der Waals surface area (Å²) in [5.41, 5.74) is 1.05. The van der Waals surface area contributed by atoms with Gasteiger partial charge < -0.3 is 14.2 Å². The number of carbonyl (C=O) groups excluding carboxylic acids is 2. The van der Waals surface area contributed by atoms with Crippen molar-refractivity contribution in [1.29, 1.82) is 0 Å². The molecule has 3 aliphatic rings. The van der Waals surface area contributed by atoms with E-state index in [0.717, 1.165) is 17.6 Å². The zero-order valence-electron chi connectivity index (χ0n) is 25.0. The van der Waals surface area contributed by atoms with Crippen molar-refractivity contribution < 1.29 is 23.8 Å². The fraction of sp³-hybridized carbons (Fsp3) is 0.486. The van der Waals surface area contributed by atoms with Crippen molar-refractivity contribution in [1.82, 2.24) is 0 Å². The minimum absolute atomic E-state index is 0.0818. The second kappa shape index (κ2) is 11.3. The van der Waals surface area contributed by atoms with Crippen LogP contribution in [0.1, 0.15) is 66.9 Å². The highest BCUT2D eigenvalue weighted by molar-refractivity contribution is 6.04. The van der Waals surface area contributed by atoms with E-state index in [1.165, 1.54) is 6.08 Å². The number of fused-ring (bicyclic) bond motifs is 2. The number of hydrogen-bond acceptors (Lipinski definition) is 5. The van der Waals surface area contributed by atoms with E-state index in [9.17, 15) is 9.59 Å². The molecule has 0 saturated heterocycles. The molecule has 0 amide bonds. The maximum absolute atomic E-state index is 14.6. The molecule has 40 heavy (non-hydrogen) atoms. The predicted octanol–water partition coefficient (Wildman–Crippen LogP) is 7.61. The topological polar surface area (TPSA) is 61.8 Å². The zero-order valence-corrected chi connectivity index (χ0v) is 25.0. The number of benzene rings is 1. The Kier molecular flexibility index (Phi) is 8.35. The maximum atomic E-state index is 14.6. The predicted molar refractivity (Wildman–Crippen MR) is 159 cm³/mol. The van der Waals surface area contributed by atoms with Crippen LogP contribution in [0.4, 0.5) is 0 Å². The van der Waals surface area contributed by atoms with Gasteiger partial charge in [0.25, 0.3) is 0 Å². The van der Waals surface area contributed by atoms with E-state index in [4.69, 9.17) is 14.2 Å². The average molecular weight is 545 g/mol. The summed E-state index contributed by atoms with van der Waals surface area (Å²) in [6.07, 6.45) is 7.57. The van der Waals surface area contributed by atoms with Gasteiger partial charge in [-0.15, -0.1) is 0 Å². The Morgan fingerprint density at radius 2 is 1.70 bits per heavy atom. The fourth-order valence-electron chi connectivity index (χ4n) is 6.87. The van der Waals surface area contributed by atoms with Crippen LogP contribution < -0.4 is 0 Å². The second-order valence-corrected chi connectivity index (χ2v) is 12.6. The lowest BCUT2D eigenvalue weighted by Crippen LogP contribution is -2.54. The Bertz CT molecular complexity index is 1270. The third-order valence-corrected chi connectivity index (χ3v) is 9.02. The third-order valence-electron chi connectivity index (χ3n) is 9.02. The van der Waals surface area contributed by atoms with Crippen molar-refractivity contribution in [2.45, 2.75) is 79.1 Å². The summed E-state index contributed by atoms with van der Waals surface area (Å²) in [6, 6.07) is 9.54. The van der Waals surface area contributed by atoms with Gasteiger partial charge in [-0.25, -0.2) is 4.79 Å². The van der Waals surface area contributed by atoms with Crippen molar-refractivity contribution in [3.63, 3.8) is 0 Å². The molecule has 3 aliphatic carbocycles. The number of carbonyl (C=O) groups is 2. The molecule has 1 aromatic carbocycles. The summed E-state index contributed by atoms with van der Waals surface area (Å²) >= 11 is 0. The lowest BCUT2D eigenvalue weighted by molar-refractivity contribution is -0.173. The van der Waals surface area contributed by atoms with Crippen molar-refractivity contribution in [3.05, 3.63) is 89.9 Å². The van der Waals surface area contributed by atoms with E-state index in [1.807, 2.05) is 51.1 Å². The molecule has 7 atom stereocenters. The number of esters is 1. The van der Waals surface area contributed by atoms with E-state index < -0.39 is 29.7 Å². The van der Waals surface area contributed by atoms with E-state index in [-0.39, 0.29) is 23.0 Å². The monoisotopic (exact) mass is 544 g/mol. The first-order valence-electron chi connectivity index (χ1n) is 14.3. The molecule has 5 heteroatoms. The van der Waals surface area contributed by atoms with E-state index >= 15 is 0 Å². The summed E-state index contributed by atoms with van der Waals surface area (Å²) in [7, 11) is 0. The van der Waals surface area contributed by atoms with Crippen LogP contribution in [0.25, 0.3) is 6.08 Å². The number of hydrogen-bond donors (Lipinski definition) is 0. The van der Waals surface area contributed by atoms with Gasteiger partial charge in [-0.3, -0.25) is 4.79 Å². The SMILES string of the molecule is C=C(C)O[C@@H]1[C@@H]2[C@@H](OC(=C)C)C(C)=CC[C@H]3[C@H](/C=C(/C)C(=O)[C@@]2(OC(=O)/C=C/c2ccccc2)C[C@@H]1C)C3(C)C. The van der Waals surface area contributed by atoms with Crippen LogP contribution in [-0.4, -0.2) is 29.6 Å². The van der Waals surface area contributed by atoms with E-state index in [0.29, 0.717) is 29.4 Å². The molecule has 4 rings (SSSR count). The lowest BCUT2D eigenvalue weighted by atomic mass is 9.77. The normalized spacial score (nSPS) is 34.3. The molecule has 214 valence electrons. The number of ketones is 1. The van der Waals surface area contributed by atoms with Crippen molar-refractivity contribution in [2.75, 3.05) is 0 Å². The molecule has 0 N–H and O–H groups in total. The van der Waals surface area contributed by atoms with Gasteiger partial charge in [0.05, 0.1) is 17.4 Å². The van der Waals surface area contributed by atoms with Crippen LogP contribution in [-0.2, 0) is 23.8 Å². The summed E-state index contributed by atoms with van der Waals surface area (Å²) < 4.78 is 19.1. The molecular formula is C35H44O5. The molecule has 0 radical (unpaired) electrons. The minimum Gasteiger partial charge on any atom is -0.495 e. The van der Waals surface area contributed by atoms with Gasteiger partial charge in [0.1, 0.15) is 12.2 Å². The minimum atomic E-state index is -1.49. The van der Waals surface area contributed by atoms with Gasteiger partial charge in [0.2, 0.25) is 5.78 Å². The first kappa shape index (κ1) is 29.6. The van der Waals surface area contributed by atoms with Crippen LogP contribution in [0.15, 0.2) is 84.4 Å². The highest BCUT2D eigenvalue weighted by Crippen LogP contribution is 2.62. The van der Waals surface area contributed by atoms with Gasteiger partial charge in [-0.1, -0.05) is 76.4 Å². The van der Waals surface area contributed by atoms with Crippen molar-refractivity contribution in [2.24, 2.45) is 29.1 Å². The molecule has 0 heterocycles. The van der Waals surface area contributed by atoms with Gasteiger partial charge >= 0.3 is 5.97 Å². The van der Waals surface area contributed by atoms with Crippen LogP contribution in [0.2, 0.25) is 0 Å². The summed E-state index contributed by atoms with van der Waals surface area (Å²) in [4.78, 5) is 28.1. The van der Waals surface area contributed by atoms with Crippen LogP contribution in [0.3, 0.4) is 0 Å². The molecule has 0 bridgehead atoms.